The topological polar surface area (TPSA) is 108 Å². The molecule has 0 fully saturated rings. The third-order valence-corrected chi connectivity index (χ3v) is 4.78. The molecule has 4 rings (SSSR count). The number of methoxy groups -OCH3 is 1. The van der Waals surface area contributed by atoms with Gasteiger partial charge in [-0.2, -0.15) is 0 Å². The number of non-ortho nitro benzene ring substituents is 1. The summed E-state index contributed by atoms with van der Waals surface area (Å²) in [6.07, 6.45) is 0. The third kappa shape index (κ3) is 3.42. The van der Waals surface area contributed by atoms with Crippen LogP contribution in [-0.2, 0) is 0 Å². The van der Waals surface area contributed by atoms with E-state index < -0.39 is 10.8 Å². The van der Waals surface area contributed by atoms with E-state index >= 15 is 0 Å². The minimum atomic E-state index is -0.547. The van der Waals surface area contributed by atoms with Gasteiger partial charge in [0.25, 0.3) is 11.6 Å². The molecule has 0 unspecified atom stereocenters. The molecule has 0 radical (unpaired) electrons. The Hall–Kier alpha value is -3.72. The molecule has 1 amide bonds. The summed E-state index contributed by atoms with van der Waals surface area (Å²) < 4.78 is 11.0. The number of amides is 1. The van der Waals surface area contributed by atoms with Crippen molar-refractivity contribution in [2.45, 2.75) is 0 Å². The minimum Gasteiger partial charge on any atom is -0.497 e. The number of nitrogens with one attached hydrogen (secondary N) is 1. The molecular weight excluding hydrogens is 382 g/mol. The number of thiazole rings is 1. The fourth-order valence-electron chi connectivity index (χ4n) is 2.65. The Morgan fingerprint density at radius 2 is 2.11 bits per heavy atom. The maximum atomic E-state index is 12.3. The van der Waals surface area contributed by atoms with Gasteiger partial charge in [-0.15, -0.1) is 11.3 Å². The molecule has 140 valence electrons. The number of ether oxygens (including phenoxy) is 1. The van der Waals surface area contributed by atoms with Crippen LogP contribution in [0.25, 0.3) is 22.4 Å². The van der Waals surface area contributed by atoms with Crippen LogP contribution in [0.3, 0.4) is 0 Å². The number of rotatable bonds is 5. The number of nitrogens with zero attached hydrogens (tertiary/aromatic N) is 2. The third-order valence-electron chi connectivity index (χ3n) is 4.02. The van der Waals surface area contributed by atoms with E-state index in [4.69, 9.17) is 9.15 Å². The number of hydrogen-bond acceptors (Lipinski definition) is 7. The molecule has 0 spiro atoms. The average Bonchev–Trinajstić information content (AvgIpc) is 3.33. The number of hydrogen-bond donors (Lipinski definition) is 1. The van der Waals surface area contributed by atoms with Gasteiger partial charge in [-0.3, -0.25) is 20.2 Å². The lowest BCUT2D eigenvalue weighted by atomic mass is 10.2. The summed E-state index contributed by atoms with van der Waals surface area (Å²) in [4.78, 5) is 27.0. The van der Waals surface area contributed by atoms with Gasteiger partial charge < -0.3 is 9.15 Å². The van der Waals surface area contributed by atoms with Crippen LogP contribution in [0.5, 0.6) is 5.75 Å². The van der Waals surface area contributed by atoms with Gasteiger partial charge in [0.15, 0.2) is 10.9 Å². The monoisotopic (exact) mass is 395 g/mol. The zero-order chi connectivity index (χ0) is 19.7. The summed E-state index contributed by atoms with van der Waals surface area (Å²) in [7, 11) is 1.60. The quantitative estimate of drug-likeness (QED) is 0.387. The van der Waals surface area contributed by atoms with Crippen LogP contribution in [0.15, 0.2) is 58.3 Å². The van der Waals surface area contributed by atoms with Gasteiger partial charge in [-0.25, -0.2) is 4.98 Å². The van der Waals surface area contributed by atoms with E-state index in [-0.39, 0.29) is 11.3 Å². The molecule has 0 saturated carbocycles. The summed E-state index contributed by atoms with van der Waals surface area (Å²) >= 11 is 1.23. The van der Waals surface area contributed by atoms with Crippen LogP contribution in [0.1, 0.15) is 10.4 Å². The fraction of sp³-hybridized carbons (Fsp3) is 0.0526. The van der Waals surface area contributed by atoms with Crippen LogP contribution < -0.4 is 10.1 Å². The number of nitro benzene ring substituents is 1. The van der Waals surface area contributed by atoms with Crippen LogP contribution in [-0.4, -0.2) is 22.9 Å². The number of benzene rings is 2. The van der Waals surface area contributed by atoms with Crippen LogP contribution in [0, 0.1) is 10.1 Å². The highest BCUT2D eigenvalue weighted by atomic mass is 32.1. The first-order valence-corrected chi connectivity index (χ1v) is 9.01. The van der Waals surface area contributed by atoms with Gasteiger partial charge in [-0.05, 0) is 30.3 Å². The van der Waals surface area contributed by atoms with E-state index in [1.54, 1.807) is 18.6 Å². The minimum absolute atomic E-state index is 0.148. The fourth-order valence-corrected chi connectivity index (χ4v) is 3.34. The Bertz CT molecular complexity index is 1200. The summed E-state index contributed by atoms with van der Waals surface area (Å²) in [5.74, 6) is 0.817. The van der Waals surface area contributed by atoms with Gasteiger partial charge in [0, 0.05) is 28.5 Å². The van der Waals surface area contributed by atoms with E-state index in [2.05, 4.69) is 10.3 Å². The molecule has 0 aliphatic heterocycles. The summed E-state index contributed by atoms with van der Waals surface area (Å²) in [6, 6.07) is 12.8. The van der Waals surface area contributed by atoms with E-state index in [1.165, 1.54) is 35.6 Å². The summed E-state index contributed by atoms with van der Waals surface area (Å²) in [5, 5.41) is 16.5. The van der Waals surface area contributed by atoms with Crippen molar-refractivity contribution in [3.8, 4) is 17.2 Å². The first-order valence-electron chi connectivity index (χ1n) is 8.13. The second kappa shape index (κ2) is 7.12. The van der Waals surface area contributed by atoms with Crippen molar-refractivity contribution >= 4 is 39.0 Å². The van der Waals surface area contributed by atoms with E-state index in [0.717, 1.165) is 11.1 Å². The predicted molar refractivity (Wildman–Crippen MR) is 105 cm³/mol. The van der Waals surface area contributed by atoms with Crippen LogP contribution in [0.2, 0.25) is 0 Å². The van der Waals surface area contributed by atoms with Crippen LogP contribution in [0.4, 0.5) is 10.8 Å². The van der Waals surface area contributed by atoms with E-state index in [1.807, 2.05) is 18.2 Å². The van der Waals surface area contributed by atoms with Crippen molar-refractivity contribution in [1.82, 2.24) is 4.98 Å². The van der Waals surface area contributed by atoms with Gasteiger partial charge in [0.2, 0.25) is 0 Å². The SMILES string of the molecule is COc1ccc2oc(-c3csc(NC(=O)c4cccc([N+](=O)[O-])c4)n3)cc2c1. The lowest BCUT2D eigenvalue weighted by Gasteiger charge is -2.01. The molecular formula is C19H13N3O5S. The van der Waals surface area contributed by atoms with Crippen molar-refractivity contribution in [2.75, 3.05) is 12.4 Å². The Morgan fingerprint density at radius 3 is 2.89 bits per heavy atom. The number of aromatic nitrogens is 1. The highest BCUT2D eigenvalue weighted by Crippen LogP contribution is 2.32. The second-order valence-electron chi connectivity index (χ2n) is 5.81. The Morgan fingerprint density at radius 1 is 1.25 bits per heavy atom. The van der Waals surface area contributed by atoms with Crippen molar-refractivity contribution < 1.29 is 18.9 Å². The number of fused-ring (bicyclic) bond motifs is 1. The predicted octanol–water partition coefficient (Wildman–Crippen LogP) is 4.73. The zero-order valence-electron chi connectivity index (χ0n) is 14.5. The standard InChI is InChI=1S/C19H13N3O5S/c1-26-14-5-6-16-12(8-14)9-17(27-16)15-10-28-19(20-15)21-18(23)11-3-2-4-13(7-11)22(24)25/h2-10H,1H3,(H,20,21,23). The molecule has 0 aliphatic carbocycles. The number of anilines is 1. The van der Waals surface area contributed by atoms with Crippen molar-refractivity contribution in [3.63, 3.8) is 0 Å². The Balaban J connectivity index is 1.55. The molecule has 2 heterocycles. The summed E-state index contributed by atoms with van der Waals surface area (Å²) in [6.45, 7) is 0. The first kappa shape index (κ1) is 17.7. The number of carbonyl (C=O) groups is 1. The van der Waals surface area contributed by atoms with Crippen molar-refractivity contribution in [2.24, 2.45) is 0 Å². The second-order valence-corrected chi connectivity index (χ2v) is 6.67. The zero-order valence-corrected chi connectivity index (χ0v) is 15.4. The molecule has 2 aromatic carbocycles. The lowest BCUT2D eigenvalue weighted by molar-refractivity contribution is -0.384. The Labute approximate surface area is 162 Å². The molecule has 2 aromatic heterocycles. The van der Waals surface area contributed by atoms with Gasteiger partial charge in [0.05, 0.1) is 12.0 Å². The molecule has 0 atom stereocenters. The van der Waals surface area contributed by atoms with Crippen molar-refractivity contribution in [3.05, 3.63) is 69.6 Å². The number of nitro groups is 1. The van der Waals surface area contributed by atoms with Gasteiger partial charge >= 0.3 is 0 Å². The summed E-state index contributed by atoms with van der Waals surface area (Å²) in [5.41, 5.74) is 1.31. The maximum Gasteiger partial charge on any atom is 0.270 e. The molecule has 4 aromatic rings. The molecule has 28 heavy (non-hydrogen) atoms. The number of carbonyl (C=O) groups excluding carboxylic acids is 1. The number of furan rings is 1. The van der Waals surface area contributed by atoms with E-state index in [0.29, 0.717) is 22.2 Å². The van der Waals surface area contributed by atoms with Gasteiger partial charge in [0.1, 0.15) is 17.0 Å². The maximum absolute atomic E-state index is 12.3. The highest BCUT2D eigenvalue weighted by molar-refractivity contribution is 7.14. The largest absolute Gasteiger partial charge is 0.497 e. The highest BCUT2D eigenvalue weighted by Gasteiger charge is 2.15. The first-order chi connectivity index (χ1) is 13.5. The normalized spacial score (nSPS) is 10.8. The lowest BCUT2D eigenvalue weighted by Crippen LogP contribution is -2.11. The molecule has 1 N–H and O–H groups in total. The Kier molecular flexibility index (Phi) is 4.50. The van der Waals surface area contributed by atoms with Crippen LogP contribution >= 0.6 is 11.3 Å². The van der Waals surface area contributed by atoms with Crippen molar-refractivity contribution in [1.29, 1.82) is 0 Å². The van der Waals surface area contributed by atoms with Gasteiger partial charge in [-0.1, -0.05) is 6.07 Å². The smallest absolute Gasteiger partial charge is 0.270 e. The molecule has 9 heteroatoms. The van der Waals surface area contributed by atoms with E-state index in [9.17, 15) is 14.9 Å². The molecule has 8 nitrogen and oxygen atoms in total. The molecule has 0 saturated heterocycles. The molecule has 0 aliphatic rings. The average molecular weight is 395 g/mol. The molecule has 0 bridgehead atoms.